The monoisotopic (exact) mass is 227 g/mol. The molecule has 0 saturated carbocycles. The molecule has 0 aromatic heterocycles. The van der Waals surface area contributed by atoms with Crippen molar-refractivity contribution in [2.24, 2.45) is 5.92 Å². The fourth-order valence-corrected chi connectivity index (χ4v) is 2.73. The van der Waals surface area contributed by atoms with Gasteiger partial charge in [-0.1, -0.05) is 0 Å². The number of carbonyl (C=O) groups is 2. The van der Waals surface area contributed by atoms with Crippen LogP contribution in [-0.4, -0.2) is 29.7 Å². The van der Waals surface area contributed by atoms with Gasteiger partial charge in [-0.3, -0.25) is 4.79 Å². The third kappa shape index (κ3) is 1.80. The summed E-state index contributed by atoms with van der Waals surface area (Å²) in [6.07, 6.45) is 0.754. The Balaban J connectivity index is 2.28. The Bertz CT molecular complexity index is 335. The quantitative estimate of drug-likeness (QED) is 0.571. The number of carboxylic acid groups (broad SMARTS) is 1. The van der Waals surface area contributed by atoms with E-state index in [1.54, 1.807) is 0 Å². The Labute approximate surface area is 93.7 Å². The van der Waals surface area contributed by atoms with Gasteiger partial charge in [0.25, 0.3) is 0 Å². The van der Waals surface area contributed by atoms with Crippen molar-refractivity contribution in [3.8, 4) is 0 Å². The summed E-state index contributed by atoms with van der Waals surface area (Å²) in [6.45, 7) is 4.14. The fraction of sp³-hybridized carbons (Fsp3) is 0.818. The zero-order valence-electron chi connectivity index (χ0n) is 9.45. The van der Waals surface area contributed by atoms with Crippen LogP contribution in [0.15, 0.2) is 0 Å². The van der Waals surface area contributed by atoms with Gasteiger partial charge in [-0.05, 0) is 13.8 Å². The summed E-state index contributed by atoms with van der Waals surface area (Å²) in [6, 6.07) is 0. The van der Waals surface area contributed by atoms with Gasteiger partial charge in [0.15, 0.2) is 0 Å². The highest BCUT2D eigenvalue weighted by molar-refractivity contribution is 5.82. The van der Waals surface area contributed by atoms with Gasteiger partial charge in [0.05, 0.1) is 18.6 Å². The highest BCUT2D eigenvalue weighted by Crippen LogP contribution is 2.45. The number of esters is 1. The highest BCUT2D eigenvalue weighted by atomic mass is 16.6. The van der Waals surface area contributed by atoms with Gasteiger partial charge in [0, 0.05) is 24.7 Å². The summed E-state index contributed by atoms with van der Waals surface area (Å²) in [5.74, 6) is -2.50. The third-order valence-electron chi connectivity index (χ3n) is 3.35. The lowest BCUT2D eigenvalue weighted by atomic mass is 9.75. The van der Waals surface area contributed by atoms with Crippen LogP contribution in [0.3, 0.4) is 0 Å². The largest absolute Gasteiger partial charge is 0.550 e. The van der Waals surface area contributed by atoms with Crippen LogP contribution >= 0.6 is 0 Å². The molecule has 5 nitrogen and oxygen atoms in total. The maximum Gasteiger partial charge on any atom is 0.307 e. The maximum atomic E-state index is 11.3. The summed E-state index contributed by atoms with van der Waals surface area (Å²) in [5.41, 5.74) is -1.38. The molecule has 5 heteroatoms. The molecule has 16 heavy (non-hydrogen) atoms. The van der Waals surface area contributed by atoms with E-state index in [4.69, 9.17) is 9.47 Å². The molecule has 2 aliphatic heterocycles. The molecule has 0 unspecified atom stereocenters. The summed E-state index contributed by atoms with van der Waals surface area (Å²) < 4.78 is 10.8. The van der Waals surface area contributed by atoms with Crippen molar-refractivity contribution < 1.29 is 24.2 Å². The average Bonchev–Trinajstić information content (AvgIpc) is 2.40. The number of carbonyl (C=O) groups excluding carboxylic acids is 2. The number of carboxylic acids is 1. The number of aliphatic carboxylic acids is 1. The van der Waals surface area contributed by atoms with Crippen molar-refractivity contribution in [3.63, 3.8) is 0 Å². The van der Waals surface area contributed by atoms with E-state index < -0.39 is 29.1 Å². The lowest BCUT2D eigenvalue weighted by Crippen LogP contribution is -2.53. The van der Waals surface area contributed by atoms with Crippen LogP contribution in [0.2, 0.25) is 0 Å². The van der Waals surface area contributed by atoms with E-state index in [2.05, 4.69) is 0 Å². The molecule has 0 aromatic carbocycles. The standard InChI is InChI=1S/C11H16O5/c1-10(2)6-11(3-4-15-10)7(9(13)14)5-8(12)16-11/h7H,3-6H2,1-2H3,(H,13,14)/p-1/t7-,11-/m1/s1. The van der Waals surface area contributed by atoms with E-state index >= 15 is 0 Å². The molecule has 2 saturated heterocycles. The average molecular weight is 227 g/mol. The lowest BCUT2D eigenvalue weighted by molar-refractivity contribution is -0.317. The Kier molecular flexibility index (Phi) is 2.45. The van der Waals surface area contributed by atoms with Gasteiger partial charge in [0.2, 0.25) is 0 Å². The number of hydrogen-bond donors (Lipinski definition) is 0. The van der Waals surface area contributed by atoms with Crippen LogP contribution in [0.4, 0.5) is 0 Å². The smallest absolute Gasteiger partial charge is 0.307 e. The van der Waals surface area contributed by atoms with Crippen LogP contribution in [-0.2, 0) is 19.1 Å². The first kappa shape index (κ1) is 11.4. The van der Waals surface area contributed by atoms with E-state index in [1.165, 1.54) is 0 Å². The van der Waals surface area contributed by atoms with Crippen molar-refractivity contribution in [2.75, 3.05) is 6.61 Å². The van der Waals surface area contributed by atoms with Crippen LogP contribution in [0.1, 0.15) is 33.1 Å². The summed E-state index contributed by atoms with van der Waals surface area (Å²) in [5, 5.41) is 11.0. The Morgan fingerprint density at radius 2 is 2.19 bits per heavy atom. The molecule has 2 atom stereocenters. The molecule has 0 radical (unpaired) electrons. The van der Waals surface area contributed by atoms with E-state index in [-0.39, 0.29) is 6.42 Å². The van der Waals surface area contributed by atoms with Crippen LogP contribution in [0.25, 0.3) is 0 Å². The van der Waals surface area contributed by atoms with Crippen molar-refractivity contribution in [3.05, 3.63) is 0 Å². The Hall–Kier alpha value is -1.10. The molecule has 2 rings (SSSR count). The molecule has 0 amide bonds. The molecule has 2 aliphatic rings. The molecular weight excluding hydrogens is 212 g/mol. The zero-order valence-corrected chi connectivity index (χ0v) is 9.45. The van der Waals surface area contributed by atoms with Gasteiger partial charge in [-0.2, -0.15) is 0 Å². The highest BCUT2D eigenvalue weighted by Gasteiger charge is 2.54. The van der Waals surface area contributed by atoms with E-state index in [0.717, 1.165) is 0 Å². The van der Waals surface area contributed by atoms with Gasteiger partial charge in [-0.15, -0.1) is 0 Å². The van der Waals surface area contributed by atoms with Crippen molar-refractivity contribution in [1.29, 1.82) is 0 Å². The molecule has 0 bridgehead atoms. The third-order valence-corrected chi connectivity index (χ3v) is 3.35. The summed E-state index contributed by atoms with van der Waals surface area (Å²) >= 11 is 0. The summed E-state index contributed by atoms with van der Waals surface area (Å²) in [4.78, 5) is 22.3. The van der Waals surface area contributed by atoms with Gasteiger partial charge in [0.1, 0.15) is 5.60 Å². The van der Waals surface area contributed by atoms with Crippen LogP contribution in [0, 0.1) is 5.92 Å². The van der Waals surface area contributed by atoms with Gasteiger partial charge in [-0.25, -0.2) is 0 Å². The maximum absolute atomic E-state index is 11.3. The van der Waals surface area contributed by atoms with Gasteiger partial charge < -0.3 is 19.4 Å². The first-order valence-electron chi connectivity index (χ1n) is 5.41. The molecular formula is C11H15O5-. The van der Waals surface area contributed by atoms with Gasteiger partial charge >= 0.3 is 5.97 Å². The second kappa shape index (κ2) is 3.45. The molecule has 90 valence electrons. The van der Waals surface area contributed by atoms with Crippen LogP contribution < -0.4 is 5.11 Å². The predicted octanol–water partition coefficient (Wildman–Crippen LogP) is -0.373. The molecule has 2 fully saturated rings. The normalized spacial score (nSPS) is 37.4. The zero-order chi connectivity index (χ0) is 12.0. The van der Waals surface area contributed by atoms with Crippen molar-refractivity contribution in [1.82, 2.24) is 0 Å². The SMILES string of the molecule is CC1(C)C[C@@]2(CCO1)OC(=O)C[C@@H]2C(=O)[O-]. The van der Waals surface area contributed by atoms with E-state index in [0.29, 0.717) is 19.4 Å². The lowest BCUT2D eigenvalue weighted by Gasteiger charge is -2.44. The topological polar surface area (TPSA) is 75.7 Å². The minimum absolute atomic E-state index is 0.0849. The van der Waals surface area contributed by atoms with Crippen molar-refractivity contribution >= 4 is 11.9 Å². The predicted molar refractivity (Wildman–Crippen MR) is 51.2 cm³/mol. The minimum Gasteiger partial charge on any atom is -0.550 e. The second-order valence-electron chi connectivity index (χ2n) is 5.15. The van der Waals surface area contributed by atoms with E-state index in [9.17, 15) is 14.7 Å². The summed E-state index contributed by atoms with van der Waals surface area (Å²) in [7, 11) is 0. The first-order chi connectivity index (χ1) is 7.35. The number of ether oxygens (including phenoxy) is 2. The molecule has 0 N–H and O–H groups in total. The molecule has 2 heterocycles. The van der Waals surface area contributed by atoms with E-state index in [1.807, 2.05) is 13.8 Å². The fourth-order valence-electron chi connectivity index (χ4n) is 2.73. The minimum atomic E-state index is -1.21. The molecule has 0 aliphatic carbocycles. The Morgan fingerprint density at radius 1 is 1.50 bits per heavy atom. The Morgan fingerprint density at radius 3 is 2.75 bits per heavy atom. The molecule has 0 aromatic rings. The van der Waals surface area contributed by atoms with Crippen LogP contribution in [0.5, 0.6) is 0 Å². The number of rotatable bonds is 1. The number of hydrogen-bond acceptors (Lipinski definition) is 5. The molecule has 1 spiro atoms. The second-order valence-corrected chi connectivity index (χ2v) is 5.15. The first-order valence-corrected chi connectivity index (χ1v) is 5.41. The van der Waals surface area contributed by atoms with Crippen molar-refractivity contribution in [2.45, 2.75) is 44.3 Å².